The van der Waals surface area contributed by atoms with E-state index in [0.29, 0.717) is 6.42 Å². The number of carbonyl (C=O) groups excluding carboxylic acids is 2. The molecule has 0 radical (unpaired) electrons. The Kier molecular flexibility index (Phi) is 6.28. The number of rotatable bonds is 6. The van der Waals surface area contributed by atoms with E-state index in [2.05, 4.69) is 10.6 Å². The van der Waals surface area contributed by atoms with Crippen molar-refractivity contribution in [3.63, 3.8) is 0 Å². The molecule has 0 bridgehead atoms. The minimum absolute atomic E-state index is 0.136. The third-order valence-corrected chi connectivity index (χ3v) is 1.45. The first-order valence-electron chi connectivity index (χ1n) is 4.13. The summed E-state index contributed by atoms with van der Waals surface area (Å²) in [6.07, 6.45) is 2.37. The molecule has 0 aromatic rings. The second-order valence-electron chi connectivity index (χ2n) is 2.63. The van der Waals surface area contributed by atoms with Crippen LogP contribution >= 0.6 is 0 Å². The molecule has 1 atom stereocenters. The fraction of sp³-hybridized carbons (Fsp3) is 0.750. The third kappa shape index (κ3) is 4.85. The molecule has 0 aromatic heterocycles. The van der Waals surface area contributed by atoms with Crippen LogP contribution in [0.1, 0.15) is 19.8 Å². The van der Waals surface area contributed by atoms with Gasteiger partial charge >= 0.3 is 0 Å². The van der Waals surface area contributed by atoms with Crippen molar-refractivity contribution in [3.8, 4) is 0 Å². The number of hydrogen-bond donors (Lipinski definition) is 2. The van der Waals surface area contributed by atoms with Gasteiger partial charge in [0.2, 0.25) is 5.91 Å². The Morgan fingerprint density at radius 1 is 1.58 bits per heavy atom. The molecule has 0 rings (SSSR count). The van der Waals surface area contributed by atoms with Crippen LogP contribution in [-0.4, -0.2) is 31.8 Å². The highest BCUT2D eigenvalue weighted by Gasteiger charge is 2.08. The molecule has 2 N–H and O–H groups in total. The Morgan fingerprint density at radius 2 is 2.25 bits per heavy atom. The highest BCUT2D eigenvalue weighted by atomic mass is 16.2. The molecule has 0 aliphatic carbocycles. The molecule has 0 heterocycles. The van der Waals surface area contributed by atoms with E-state index in [4.69, 9.17) is 0 Å². The molecule has 0 aliphatic rings. The normalized spacial score (nSPS) is 12.2. The van der Waals surface area contributed by atoms with Gasteiger partial charge in [-0.2, -0.15) is 0 Å². The number of likely N-dealkylation sites (N-methyl/N-ethyl adjacent to an activating group) is 1. The molecular formula is C8H16N2O2. The van der Waals surface area contributed by atoms with Gasteiger partial charge in [-0.15, -0.1) is 0 Å². The Morgan fingerprint density at radius 3 is 2.67 bits per heavy atom. The predicted octanol–water partition coefficient (Wildman–Crippen LogP) is -0.310. The van der Waals surface area contributed by atoms with Gasteiger partial charge in [-0.1, -0.05) is 13.3 Å². The van der Waals surface area contributed by atoms with Gasteiger partial charge in [-0.05, 0) is 13.5 Å². The average molecular weight is 172 g/mol. The van der Waals surface area contributed by atoms with Gasteiger partial charge in [-0.25, -0.2) is 0 Å². The Labute approximate surface area is 72.7 Å². The van der Waals surface area contributed by atoms with E-state index in [0.717, 1.165) is 12.7 Å². The predicted molar refractivity (Wildman–Crippen MR) is 46.8 cm³/mol. The summed E-state index contributed by atoms with van der Waals surface area (Å²) in [5, 5.41) is 5.31. The van der Waals surface area contributed by atoms with Gasteiger partial charge in [0, 0.05) is 0 Å². The van der Waals surface area contributed by atoms with Crippen molar-refractivity contribution >= 4 is 12.2 Å². The zero-order valence-corrected chi connectivity index (χ0v) is 7.59. The maximum Gasteiger partial charge on any atom is 0.234 e. The fourth-order valence-electron chi connectivity index (χ4n) is 0.904. The molecule has 0 aliphatic heterocycles. The zero-order valence-electron chi connectivity index (χ0n) is 7.59. The van der Waals surface area contributed by atoms with E-state index in [1.807, 2.05) is 6.92 Å². The van der Waals surface area contributed by atoms with E-state index < -0.39 is 0 Å². The summed E-state index contributed by atoms with van der Waals surface area (Å²) >= 11 is 0. The van der Waals surface area contributed by atoms with Crippen molar-refractivity contribution < 1.29 is 9.59 Å². The lowest BCUT2D eigenvalue weighted by molar-refractivity contribution is -0.123. The van der Waals surface area contributed by atoms with Gasteiger partial charge in [0.05, 0.1) is 12.6 Å². The van der Waals surface area contributed by atoms with E-state index >= 15 is 0 Å². The van der Waals surface area contributed by atoms with Crippen molar-refractivity contribution in [1.82, 2.24) is 10.6 Å². The first kappa shape index (κ1) is 11.1. The van der Waals surface area contributed by atoms with Crippen molar-refractivity contribution in [2.24, 2.45) is 0 Å². The molecule has 0 unspecified atom stereocenters. The minimum Gasteiger partial charge on any atom is -0.345 e. The van der Waals surface area contributed by atoms with Crippen LogP contribution in [0.5, 0.6) is 0 Å². The monoisotopic (exact) mass is 172 g/mol. The van der Waals surface area contributed by atoms with Gasteiger partial charge in [0.25, 0.3) is 0 Å². The van der Waals surface area contributed by atoms with Crippen molar-refractivity contribution in [1.29, 1.82) is 0 Å². The van der Waals surface area contributed by atoms with Crippen LogP contribution in [0, 0.1) is 0 Å². The molecule has 1 amide bonds. The summed E-state index contributed by atoms with van der Waals surface area (Å²) in [5.41, 5.74) is 0. The topological polar surface area (TPSA) is 58.2 Å². The van der Waals surface area contributed by atoms with Crippen molar-refractivity contribution in [2.45, 2.75) is 25.8 Å². The van der Waals surface area contributed by atoms with Gasteiger partial charge in [0.15, 0.2) is 0 Å². The SMILES string of the molecule is CCC[C@@H](C=O)NC(=O)CNC. The number of amides is 1. The summed E-state index contributed by atoms with van der Waals surface area (Å²) in [4.78, 5) is 21.4. The van der Waals surface area contributed by atoms with E-state index in [-0.39, 0.29) is 18.5 Å². The molecule has 0 fully saturated rings. The summed E-state index contributed by atoms with van der Waals surface area (Å²) in [6.45, 7) is 2.23. The van der Waals surface area contributed by atoms with E-state index in [9.17, 15) is 9.59 Å². The number of carbonyl (C=O) groups is 2. The lowest BCUT2D eigenvalue weighted by atomic mass is 10.2. The molecule has 0 saturated heterocycles. The molecule has 0 spiro atoms. The van der Waals surface area contributed by atoms with Crippen LogP contribution in [0.2, 0.25) is 0 Å². The molecular weight excluding hydrogens is 156 g/mol. The van der Waals surface area contributed by atoms with Crippen LogP contribution < -0.4 is 10.6 Å². The van der Waals surface area contributed by atoms with Gasteiger partial charge in [-0.3, -0.25) is 4.79 Å². The molecule has 4 heteroatoms. The summed E-state index contributed by atoms with van der Waals surface area (Å²) in [5.74, 6) is -0.136. The maximum atomic E-state index is 11.0. The standard InChI is InChI=1S/C8H16N2O2/c1-3-4-7(6-11)10-8(12)5-9-2/h6-7,9H,3-5H2,1-2H3,(H,10,12)/t7-/m0/s1. The fourth-order valence-corrected chi connectivity index (χ4v) is 0.904. The molecule has 12 heavy (non-hydrogen) atoms. The summed E-state index contributed by atoms with van der Waals surface area (Å²) in [7, 11) is 1.69. The molecule has 0 aromatic carbocycles. The maximum absolute atomic E-state index is 11.0. The number of hydrogen-bond acceptors (Lipinski definition) is 3. The van der Waals surface area contributed by atoms with Crippen LogP contribution in [0.15, 0.2) is 0 Å². The smallest absolute Gasteiger partial charge is 0.234 e. The van der Waals surface area contributed by atoms with E-state index in [1.165, 1.54) is 0 Å². The first-order chi connectivity index (χ1) is 5.74. The Balaban J connectivity index is 3.68. The number of nitrogens with one attached hydrogen (secondary N) is 2. The van der Waals surface area contributed by atoms with Crippen LogP contribution in [0.4, 0.5) is 0 Å². The summed E-state index contributed by atoms with van der Waals surface area (Å²) < 4.78 is 0. The van der Waals surface area contributed by atoms with Gasteiger partial charge < -0.3 is 15.4 Å². The van der Waals surface area contributed by atoms with Crippen LogP contribution in [0.25, 0.3) is 0 Å². The Bertz CT molecular complexity index is 148. The zero-order chi connectivity index (χ0) is 9.40. The van der Waals surface area contributed by atoms with Crippen molar-refractivity contribution in [2.75, 3.05) is 13.6 Å². The minimum atomic E-state index is -0.323. The second-order valence-corrected chi connectivity index (χ2v) is 2.63. The van der Waals surface area contributed by atoms with Crippen LogP contribution in [0.3, 0.4) is 0 Å². The molecule has 0 saturated carbocycles. The largest absolute Gasteiger partial charge is 0.345 e. The molecule has 70 valence electrons. The lowest BCUT2D eigenvalue weighted by Gasteiger charge is -2.10. The van der Waals surface area contributed by atoms with Gasteiger partial charge in [0.1, 0.15) is 6.29 Å². The third-order valence-electron chi connectivity index (χ3n) is 1.45. The quantitative estimate of drug-likeness (QED) is 0.540. The number of aldehydes is 1. The second kappa shape index (κ2) is 6.79. The van der Waals surface area contributed by atoms with Crippen molar-refractivity contribution in [3.05, 3.63) is 0 Å². The van der Waals surface area contributed by atoms with Crippen LogP contribution in [-0.2, 0) is 9.59 Å². The average Bonchev–Trinajstić information content (AvgIpc) is 2.04. The first-order valence-corrected chi connectivity index (χ1v) is 4.13. The molecule has 4 nitrogen and oxygen atoms in total. The van der Waals surface area contributed by atoms with E-state index in [1.54, 1.807) is 7.05 Å². The Hall–Kier alpha value is -0.900. The lowest BCUT2D eigenvalue weighted by Crippen LogP contribution is -2.40. The highest BCUT2D eigenvalue weighted by molar-refractivity contribution is 5.81. The summed E-state index contributed by atoms with van der Waals surface area (Å²) in [6, 6.07) is -0.323. The highest BCUT2D eigenvalue weighted by Crippen LogP contribution is 1.92.